The largest absolute Gasteiger partial charge is 0.338 e. The number of amides is 1. The first-order chi connectivity index (χ1) is 9.29. The Morgan fingerprint density at radius 2 is 2.16 bits per heavy atom. The van der Waals surface area contributed by atoms with Gasteiger partial charge in [-0.1, -0.05) is 6.07 Å². The second-order valence-electron chi connectivity index (χ2n) is 4.63. The first kappa shape index (κ1) is 11.7. The summed E-state index contributed by atoms with van der Waals surface area (Å²) in [6.07, 6.45) is 1.46. The fraction of sp³-hybridized carbons (Fsp3) is 0.385. The minimum absolute atomic E-state index is 0.0635. The van der Waals surface area contributed by atoms with E-state index in [0.29, 0.717) is 29.7 Å². The SMILES string of the molecule is N#CC1CCN(C(=O)c2cccc3nonc23)CC1. The molecule has 2 heterocycles. The molecule has 1 saturated heterocycles. The van der Waals surface area contributed by atoms with Crippen LogP contribution in [0.15, 0.2) is 22.8 Å². The number of hydrogen-bond acceptors (Lipinski definition) is 5. The number of aromatic nitrogens is 2. The number of carbonyl (C=O) groups is 1. The highest BCUT2D eigenvalue weighted by Crippen LogP contribution is 2.21. The van der Waals surface area contributed by atoms with Crippen LogP contribution in [0, 0.1) is 17.2 Å². The van der Waals surface area contributed by atoms with E-state index < -0.39 is 0 Å². The zero-order chi connectivity index (χ0) is 13.2. The number of fused-ring (bicyclic) bond motifs is 1. The lowest BCUT2D eigenvalue weighted by molar-refractivity contribution is 0.0709. The van der Waals surface area contributed by atoms with Crippen LogP contribution in [0.5, 0.6) is 0 Å². The molecule has 0 N–H and O–H groups in total. The van der Waals surface area contributed by atoms with Gasteiger partial charge >= 0.3 is 0 Å². The van der Waals surface area contributed by atoms with Crippen molar-refractivity contribution in [2.45, 2.75) is 12.8 Å². The highest BCUT2D eigenvalue weighted by molar-refractivity contribution is 6.04. The van der Waals surface area contributed by atoms with Crippen LogP contribution in [-0.4, -0.2) is 34.2 Å². The van der Waals surface area contributed by atoms with Gasteiger partial charge in [-0.25, -0.2) is 4.63 Å². The molecule has 1 amide bonds. The molecule has 0 radical (unpaired) electrons. The molecule has 3 rings (SSSR count). The maximum atomic E-state index is 12.4. The molecule has 1 aliphatic rings. The number of benzene rings is 1. The zero-order valence-corrected chi connectivity index (χ0v) is 10.2. The number of nitrogens with zero attached hydrogens (tertiary/aromatic N) is 4. The van der Waals surface area contributed by atoms with Crippen LogP contribution in [-0.2, 0) is 0 Å². The van der Waals surface area contributed by atoms with E-state index in [9.17, 15) is 4.79 Å². The van der Waals surface area contributed by atoms with E-state index in [0.717, 1.165) is 12.8 Å². The lowest BCUT2D eigenvalue weighted by atomic mass is 9.98. The van der Waals surface area contributed by atoms with E-state index in [-0.39, 0.29) is 11.8 Å². The number of carbonyl (C=O) groups excluding carboxylic acids is 1. The Morgan fingerprint density at radius 1 is 1.37 bits per heavy atom. The van der Waals surface area contributed by atoms with Gasteiger partial charge in [0.15, 0.2) is 0 Å². The average molecular weight is 256 g/mol. The molecule has 1 aromatic carbocycles. The van der Waals surface area contributed by atoms with Crippen molar-refractivity contribution in [1.29, 1.82) is 5.26 Å². The summed E-state index contributed by atoms with van der Waals surface area (Å²) >= 11 is 0. The average Bonchev–Trinajstić information content (AvgIpc) is 2.95. The summed E-state index contributed by atoms with van der Waals surface area (Å²) < 4.78 is 4.66. The van der Waals surface area contributed by atoms with Crippen LogP contribution in [0.2, 0.25) is 0 Å². The number of rotatable bonds is 1. The van der Waals surface area contributed by atoms with Crippen molar-refractivity contribution in [3.8, 4) is 6.07 Å². The summed E-state index contributed by atoms with van der Waals surface area (Å²) in [4.78, 5) is 14.2. The van der Waals surface area contributed by atoms with E-state index in [1.54, 1.807) is 23.1 Å². The van der Waals surface area contributed by atoms with E-state index >= 15 is 0 Å². The van der Waals surface area contributed by atoms with Gasteiger partial charge in [0.25, 0.3) is 5.91 Å². The van der Waals surface area contributed by atoms with Crippen LogP contribution < -0.4 is 0 Å². The summed E-state index contributed by atoms with van der Waals surface area (Å²) in [5.41, 5.74) is 1.59. The maximum absolute atomic E-state index is 12.4. The summed E-state index contributed by atoms with van der Waals surface area (Å²) in [6.45, 7) is 1.22. The van der Waals surface area contributed by atoms with Gasteiger partial charge in [-0.15, -0.1) is 0 Å². The summed E-state index contributed by atoms with van der Waals surface area (Å²) in [7, 11) is 0. The molecule has 19 heavy (non-hydrogen) atoms. The summed E-state index contributed by atoms with van der Waals surface area (Å²) in [5, 5.41) is 16.4. The minimum atomic E-state index is -0.0716. The van der Waals surface area contributed by atoms with Gasteiger partial charge in [0.1, 0.15) is 11.0 Å². The van der Waals surface area contributed by atoms with E-state index in [2.05, 4.69) is 21.0 Å². The molecule has 96 valence electrons. The third kappa shape index (κ3) is 2.03. The molecule has 2 aromatic rings. The lowest BCUT2D eigenvalue weighted by Crippen LogP contribution is -2.38. The highest BCUT2D eigenvalue weighted by Gasteiger charge is 2.25. The minimum Gasteiger partial charge on any atom is -0.338 e. The predicted octanol–water partition coefficient (Wildman–Crippen LogP) is 1.60. The molecule has 1 aromatic heterocycles. The third-order valence-corrected chi connectivity index (χ3v) is 3.48. The maximum Gasteiger partial charge on any atom is 0.256 e. The van der Waals surface area contributed by atoms with Crippen molar-refractivity contribution in [2.24, 2.45) is 5.92 Å². The molecular weight excluding hydrogens is 244 g/mol. The number of nitriles is 1. The van der Waals surface area contributed by atoms with Crippen molar-refractivity contribution >= 4 is 16.9 Å². The van der Waals surface area contributed by atoms with Crippen molar-refractivity contribution < 1.29 is 9.42 Å². The van der Waals surface area contributed by atoms with Crippen LogP contribution >= 0.6 is 0 Å². The second-order valence-corrected chi connectivity index (χ2v) is 4.63. The van der Waals surface area contributed by atoms with Crippen molar-refractivity contribution in [1.82, 2.24) is 15.2 Å². The number of piperidine rings is 1. The van der Waals surface area contributed by atoms with Gasteiger partial charge in [0.05, 0.1) is 11.6 Å². The first-order valence-corrected chi connectivity index (χ1v) is 6.20. The fourth-order valence-corrected chi connectivity index (χ4v) is 2.36. The fourth-order valence-electron chi connectivity index (χ4n) is 2.36. The highest BCUT2D eigenvalue weighted by atomic mass is 16.6. The quantitative estimate of drug-likeness (QED) is 0.773. The second kappa shape index (κ2) is 4.69. The molecule has 1 aliphatic heterocycles. The van der Waals surface area contributed by atoms with Crippen LogP contribution in [0.4, 0.5) is 0 Å². The monoisotopic (exact) mass is 256 g/mol. The molecule has 0 saturated carbocycles. The lowest BCUT2D eigenvalue weighted by Gasteiger charge is -2.29. The van der Waals surface area contributed by atoms with Crippen LogP contribution in [0.3, 0.4) is 0 Å². The topological polar surface area (TPSA) is 83.0 Å². The van der Waals surface area contributed by atoms with Gasteiger partial charge in [0, 0.05) is 19.0 Å². The molecule has 1 fully saturated rings. The normalized spacial score (nSPS) is 16.5. The van der Waals surface area contributed by atoms with Crippen molar-refractivity contribution in [2.75, 3.05) is 13.1 Å². The van der Waals surface area contributed by atoms with Gasteiger partial charge in [-0.05, 0) is 35.3 Å². The van der Waals surface area contributed by atoms with Gasteiger partial charge in [0.2, 0.25) is 0 Å². The van der Waals surface area contributed by atoms with Gasteiger partial charge < -0.3 is 4.90 Å². The Balaban J connectivity index is 1.85. The number of likely N-dealkylation sites (tertiary alicyclic amines) is 1. The molecule has 6 nitrogen and oxygen atoms in total. The Hall–Kier alpha value is -2.42. The smallest absolute Gasteiger partial charge is 0.256 e. The van der Waals surface area contributed by atoms with E-state index in [1.807, 2.05) is 0 Å². The van der Waals surface area contributed by atoms with E-state index in [1.165, 1.54) is 0 Å². The Bertz CT molecular complexity index is 650. The molecule has 0 bridgehead atoms. The van der Waals surface area contributed by atoms with Gasteiger partial charge in [-0.2, -0.15) is 5.26 Å². The Kier molecular flexibility index (Phi) is 2.88. The summed E-state index contributed by atoms with van der Waals surface area (Å²) in [6, 6.07) is 7.50. The van der Waals surface area contributed by atoms with Crippen molar-refractivity contribution in [3.63, 3.8) is 0 Å². The molecular formula is C13H12N4O2. The van der Waals surface area contributed by atoms with E-state index in [4.69, 9.17) is 5.26 Å². The predicted molar refractivity (Wildman–Crippen MR) is 66.0 cm³/mol. The third-order valence-electron chi connectivity index (χ3n) is 3.48. The standard InChI is InChI=1S/C13H12N4O2/c14-8-9-4-6-17(7-5-9)13(18)10-2-1-3-11-12(10)16-19-15-11/h1-3,9H,4-7H2. The first-order valence-electron chi connectivity index (χ1n) is 6.20. The molecule has 0 aliphatic carbocycles. The zero-order valence-electron chi connectivity index (χ0n) is 10.2. The van der Waals surface area contributed by atoms with Crippen LogP contribution in [0.1, 0.15) is 23.2 Å². The Morgan fingerprint density at radius 3 is 2.89 bits per heavy atom. The number of hydrogen-bond donors (Lipinski definition) is 0. The molecule has 0 spiro atoms. The van der Waals surface area contributed by atoms with Crippen molar-refractivity contribution in [3.05, 3.63) is 23.8 Å². The van der Waals surface area contributed by atoms with Crippen LogP contribution in [0.25, 0.3) is 11.0 Å². The van der Waals surface area contributed by atoms with Gasteiger partial charge in [-0.3, -0.25) is 4.79 Å². The summed E-state index contributed by atoms with van der Waals surface area (Å²) in [5.74, 6) is -0.00810. The molecule has 0 atom stereocenters. The molecule has 6 heteroatoms. The molecule has 0 unspecified atom stereocenters. The Labute approximate surface area is 109 Å².